The number of hydrogen-bond acceptors (Lipinski definition) is 4. The second-order valence-electron chi connectivity index (χ2n) is 4.75. The second-order valence-corrected chi connectivity index (χ2v) is 5.85. The molecular weight excluding hydrogens is 294 g/mol. The first-order chi connectivity index (χ1) is 10.6. The zero-order valence-electron chi connectivity index (χ0n) is 13.7. The smallest absolute Gasteiger partial charge is 0.308 e. The van der Waals surface area contributed by atoms with Crippen LogP contribution in [0.3, 0.4) is 0 Å². The highest BCUT2D eigenvalue weighted by atomic mass is 32.1. The number of thiophene rings is 1. The summed E-state index contributed by atoms with van der Waals surface area (Å²) in [5, 5.41) is 0.704. The van der Waals surface area contributed by atoms with Crippen LogP contribution < -0.4 is 4.74 Å². The number of nitrogens with zero attached hydrogens (tertiary/aromatic N) is 1. The van der Waals surface area contributed by atoms with Crippen molar-refractivity contribution in [3.8, 4) is 5.06 Å². The Balaban J connectivity index is 0.00000116. The highest BCUT2D eigenvalue weighted by molar-refractivity contribution is 7.14. The van der Waals surface area contributed by atoms with Gasteiger partial charge in [0, 0.05) is 31.4 Å². The molecule has 1 aliphatic heterocycles. The molecule has 0 fully saturated rings. The summed E-state index contributed by atoms with van der Waals surface area (Å²) in [6.07, 6.45) is 6.64. The molecule has 2 heterocycles. The molecule has 0 saturated carbocycles. The quantitative estimate of drug-likeness (QED) is 0.597. The van der Waals surface area contributed by atoms with Gasteiger partial charge in [-0.2, -0.15) is 0 Å². The Morgan fingerprint density at radius 2 is 2.18 bits per heavy atom. The Labute approximate surface area is 137 Å². The zero-order chi connectivity index (χ0) is 16.5. The van der Waals surface area contributed by atoms with Crippen molar-refractivity contribution in [1.82, 2.24) is 4.90 Å². The first-order valence-electron chi connectivity index (χ1n) is 7.58. The fourth-order valence-electron chi connectivity index (χ4n) is 2.29. The average molecular weight is 319 g/mol. The maximum Gasteiger partial charge on any atom is 0.308 e. The summed E-state index contributed by atoms with van der Waals surface area (Å²) in [5.41, 5.74) is 2.43. The van der Waals surface area contributed by atoms with Crippen LogP contribution in [-0.4, -0.2) is 24.0 Å². The number of allylic oxidation sites excluding steroid dienone is 2. The molecule has 0 amide bonds. The van der Waals surface area contributed by atoms with Crippen LogP contribution >= 0.6 is 11.3 Å². The van der Waals surface area contributed by atoms with E-state index in [1.807, 2.05) is 32.1 Å². The lowest BCUT2D eigenvalue weighted by molar-refractivity contribution is -0.131. The third-order valence-electron chi connectivity index (χ3n) is 3.17. The van der Waals surface area contributed by atoms with Gasteiger partial charge in [-0.1, -0.05) is 45.2 Å². The Bertz CT molecular complexity index is 557. The van der Waals surface area contributed by atoms with E-state index >= 15 is 0 Å². The molecule has 0 N–H and O–H groups in total. The van der Waals surface area contributed by atoms with Crippen LogP contribution in [0.1, 0.15) is 31.2 Å². The Kier molecular flexibility index (Phi) is 7.85. The van der Waals surface area contributed by atoms with Crippen molar-refractivity contribution < 1.29 is 9.53 Å². The molecular formula is C18H25NO2S. The largest absolute Gasteiger partial charge is 0.416 e. The summed E-state index contributed by atoms with van der Waals surface area (Å²) < 4.78 is 5.16. The summed E-state index contributed by atoms with van der Waals surface area (Å²) in [4.78, 5) is 14.7. The topological polar surface area (TPSA) is 29.5 Å². The third-order valence-corrected chi connectivity index (χ3v) is 4.28. The van der Waals surface area contributed by atoms with Crippen molar-refractivity contribution in [2.24, 2.45) is 0 Å². The van der Waals surface area contributed by atoms with E-state index < -0.39 is 0 Å². The van der Waals surface area contributed by atoms with Crippen molar-refractivity contribution in [2.45, 2.75) is 33.7 Å². The molecule has 0 saturated heterocycles. The van der Waals surface area contributed by atoms with Crippen LogP contribution in [0.25, 0.3) is 0 Å². The number of ether oxygens (including phenoxy) is 1. The Morgan fingerprint density at radius 3 is 2.77 bits per heavy atom. The first-order valence-corrected chi connectivity index (χ1v) is 8.40. The summed E-state index contributed by atoms with van der Waals surface area (Å²) in [6.45, 7) is 15.7. The summed E-state index contributed by atoms with van der Waals surface area (Å²) in [5.74, 6) is -0.261. The van der Waals surface area contributed by atoms with E-state index in [1.165, 1.54) is 22.9 Å². The van der Waals surface area contributed by atoms with Crippen LogP contribution in [0.4, 0.5) is 0 Å². The van der Waals surface area contributed by atoms with Crippen LogP contribution in [0.2, 0.25) is 0 Å². The Morgan fingerprint density at radius 1 is 1.45 bits per heavy atom. The fraction of sp³-hybridized carbons (Fsp3) is 0.389. The average Bonchev–Trinajstić information content (AvgIpc) is 2.89. The molecule has 0 bridgehead atoms. The molecule has 1 aromatic rings. The molecule has 0 radical (unpaired) electrons. The second kappa shape index (κ2) is 9.38. The van der Waals surface area contributed by atoms with Gasteiger partial charge in [-0.15, -0.1) is 11.3 Å². The molecule has 1 aromatic heterocycles. The van der Waals surface area contributed by atoms with E-state index in [0.717, 1.165) is 26.1 Å². The van der Waals surface area contributed by atoms with Crippen LogP contribution in [0, 0.1) is 0 Å². The number of fused-ring (bicyclic) bond motifs is 1. The molecule has 0 unspecified atom stereocenters. The predicted molar refractivity (Wildman–Crippen MR) is 94.4 cm³/mol. The number of rotatable bonds is 5. The first kappa shape index (κ1) is 18.4. The SMILES string of the molecule is C=C/C=C(\C=C)CN1CCc2sc(OC(C)=O)cc2C1.CC. The van der Waals surface area contributed by atoms with Gasteiger partial charge in [0.15, 0.2) is 5.06 Å². The molecule has 120 valence electrons. The van der Waals surface area contributed by atoms with Crippen molar-refractivity contribution in [1.29, 1.82) is 0 Å². The third kappa shape index (κ3) is 5.28. The standard InChI is InChI=1S/C16H19NO2S.C2H6/c1-4-6-13(5-2)10-17-8-7-15-14(11-17)9-16(20-15)19-12(3)18;1-2/h4-6,9H,1-2,7-8,10-11H2,3H3;1-2H3/b13-6+;. The summed E-state index contributed by atoms with van der Waals surface area (Å²) in [6, 6.07) is 1.98. The summed E-state index contributed by atoms with van der Waals surface area (Å²) in [7, 11) is 0. The van der Waals surface area contributed by atoms with E-state index in [4.69, 9.17) is 4.74 Å². The molecule has 1 aliphatic rings. The van der Waals surface area contributed by atoms with Gasteiger partial charge < -0.3 is 4.74 Å². The molecule has 3 nitrogen and oxygen atoms in total. The van der Waals surface area contributed by atoms with E-state index in [2.05, 4.69) is 18.1 Å². The van der Waals surface area contributed by atoms with Gasteiger partial charge in [-0.05, 0) is 23.6 Å². The minimum absolute atomic E-state index is 0.261. The normalized spacial score (nSPS) is 14.4. The number of carbonyl (C=O) groups is 1. The predicted octanol–water partition coefficient (Wildman–Crippen LogP) is 4.36. The molecule has 0 aromatic carbocycles. The zero-order valence-corrected chi connectivity index (χ0v) is 14.5. The van der Waals surface area contributed by atoms with E-state index in [1.54, 1.807) is 17.4 Å². The number of carbonyl (C=O) groups excluding carboxylic acids is 1. The minimum atomic E-state index is -0.261. The van der Waals surface area contributed by atoms with E-state index in [-0.39, 0.29) is 5.97 Å². The van der Waals surface area contributed by atoms with Gasteiger partial charge in [0.05, 0.1) is 0 Å². The van der Waals surface area contributed by atoms with Gasteiger partial charge in [-0.25, -0.2) is 0 Å². The van der Waals surface area contributed by atoms with Gasteiger partial charge in [-0.3, -0.25) is 9.69 Å². The van der Waals surface area contributed by atoms with Crippen molar-refractivity contribution in [3.05, 3.63) is 53.5 Å². The highest BCUT2D eigenvalue weighted by Gasteiger charge is 2.20. The van der Waals surface area contributed by atoms with Crippen molar-refractivity contribution in [2.75, 3.05) is 13.1 Å². The van der Waals surface area contributed by atoms with Gasteiger partial charge >= 0.3 is 5.97 Å². The van der Waals surface area contributed by atoms with Crippen molar-refractivity contribution in [3.63, 3.8) is 0 Å². The highest BCUT2D eigenvalue weighted by Crippen LogP contribution is 2.33. The van der Waals surface area contributed by atoms with Crippen LogP contribution in [-0.2, 0) is 17.8 Å². The van der Waals surface area contributed by atoms with Gasteiger partial charge in [0.2, 0.25) is 0 Å². The van der Waals surface area contributed by atoms with Crippen molar-refractivity contribution >= 4 is 17.3 Å². The van der Waals surface area contributed by atoms with E-state index in [9.17, 15) is 4.79 Å². The van der Waals surface area contributed by atoms with E-state index in [0.29, 0.717) is 5.06 Å². The lowest BCUT2D eigenvalue weighted by Crippen LogP contribution is -2.31. The lowest BCUT2D eigenvalue weighted by Gasteiger charge is -2.26. The fourth-order valence-corrected chi connectivity index (χ4v) is 3.34. The maximum atomic E-state index is 11.0. The number of esters is 1. The molecule has 0 aliphatic carbocycles. The summed E-state index contributed by atoms with van der Waals surface area (Å²) >= 11 is 1.58. The molecule has 0 atom stereocenters. The van der Waals surface area contributed by atoms with Gasteiger partial charge in [0.25, 0.3) is 0 Å². The Hall–Kier alpha value is -1.65. The minimum Gasteiger partial charge on any atom is -0.416 e. The van der Waals surface area contributed by atoms with Crippen LogP contribution in [0.15, 0.2) is 43.0 Å². The molecule has 2 rings (SSSR count). The molecule has 22 heavy (non-hydrogen) atoms. The number of hydrogen-bond donors (Lipinski definition) is 0. The molecule has 0 spiro atoms. The molecule has 4 heteroatoms. The lowest BCUT2D eigenvalue weighted by atomic mass is 10.1. The monoisotopic (exact) mass is 319 g/mol. The maximum absolute atomic E-state index is 11.0. The van der Waals surface area contributed by atoms with Gasteiger partial charge in [0.1, 0.15) is 0 Å². The van der Waals surface area contributed by atoms with Crippen LogP contribution in [0.5, 0.6) is 5.06 Å².